The first-order valence-electron chi connectivity index (χ1n) is 7.61. The van der Waals surface area contributed by atoms with Crippen LogP contribution in [0, 0.1) is 5.82 Å². The Hall–Kier alpha value is -2.60. The van der Waals surface area contributed by atoms with Crippen molar-refractivity contribution >= 4 is 34.2 Å². The lowest BCUT2D eigenvalue weighted by Gasteiger charge is -2.13. The Morgan fingerprint density at radius 2 is 2.04 bits per heavy atom. The number of fused-ring (bicyclic) bond motifs is 1. The summed E-state index contributed by atoms with van der Waals surface area (Å²) < 4.78 is 19.8. The molecule has 0 radical (unpaired) electrons. The molecule has 0 amide bonds. The van der Waals surface area contributed by atoms with Crippen molar-refractivity contribution in [1.82, 2.24) is 9.78 Å². The highest BCUT2D eigenvalue weighted by atomic mass is 35.5. The van der Waals surface area contributed by atoms with Crippen LogP contribution in [0.1, 0.15) is 16.1 Å². The van der Waals surface area contributed by atoms with Crippen molar-refractivity contribution in [2.45, 2.75) is 6.54 Å². The van der Waals surface area contributed by atoms with E-state index < -0.39 is 11.8 Å². The lowest BCUT2D eigenvalue weighted by molar-refractivity contribution is 0.0595. The standard InChI is InChI=1S/C18H17ClFN3O2/c1-22(2)13-6-7-14-16(9-13)23(21-17(14)18(24)25-3)10-11-4-5-12(20)8-15(11)19/h4-9H,10H2,1-3H3. The Bertz CT molecular complexity index is 953. The molecule has 5 nitrogen and oxygen atoms in total. The summed E-state index contributed by atoms with van der Waals surface area (Å²) in [7, 11) is 5.18. The zero-order chi connectivity index (χ0) is 18.1. The van der Waals surface area contributed by atoms with Gasteiger partial charge in [0.1, 0.15) is 5.82 Å². The van der Waals surface area contributed by atoms with Crippen molar-refractivity contribution in [2.24, 2.45) is 0 Å². The molecular weight excluding hydrogens is 345 g/mol. The van der Waals surface area contributed by atoms with Gasteiger partial charge in [-0.25, -0.2) is 9.18 Å². The molecule has 130 valence electrons. The number of rotatable bonds is 4. The number of carbonyl (C=O) groups is 1. The summed E-state index contributed by atoms with van der Waals surface area (Å²) in [5.41, 5.74) is 2.68. The average molecular weight is 362 g/mol. The number of esters is 1. The first-order valence-corrected chi connectivity index (χ1v) is 7.98. The first kappa shape index (κ1) is 17.2. The second kappa shape index (κ2) is 6.72. The fourth-order valence-electron chi connectivity index (χ4n) is 2.62. The topological polar surface area (TPSA) is 47.4 Å². The second-order valence-electron chi connectivity index (χ2n) is 5.83. The molecule has 0 atom stereocenters. The number of hydrogen-bond acceptors (Lipinski definition) is 4. The van der Waals surface area contributed by atoms with Gasteiger partial charge in [-0.3, -0.25) is 4.68 Å². The van der Waals surface area contributed by atoms with Crippen LogP contribution in [0.5, 0.6) is 0 Å². The van der Waals surface area contributed by atoms with Crippen molar-refractivity contribution in [2.75, 3.05) is 26.1 Å². The van der Waals surface area contributed by atoms with E-state index in [4.69, 9.17) is 16.3 Å². The van der Waals surface area contributed by atoms with Crippen LogP contribution in [0.3, 0.4) is 0 Å². The molecule has 3 rings (SSSR count). The van der Waals surface area contributed by atoms with Gasteiger partial charge < -0.3 is 9.64 Å². The van der Waals surface area contributed by atoms with Gasteiger partial charge in [-0.2, -0.15) is 5.10 Å². The minimum Gasteiger partial charge on any atom is -0.464 e. The first-order chi connectivity index (χ1) is 11.9. The van der Waals surface area contributed by atoms with Gasteiger partial charge in [0.05, 0.1) is 19.2 Å². The lowest BCUT2D eigenvalue weighted by Crippen LogP contribution is -2.09. The zero-order valence-electron chi connectivity index (χ0n) is 14.1. The van der Waals surface area contributed by atoms with E-state index in [0.29, 0.717) is 22.5 Å². The van der Waals surface area contributed by atoms with E-state index in [0.717, 1.165) is 11.2 Å². The molecule has 1 aromatic heterocycles. The van der Waals surface area contributed by atoms with E-state index in [2.05, 4.69) is 5.10 Å². The lowest BCUT2D eigenvalue weighted by atomic mass is 10.1. The Kier molecular flexibility index (Phi) is 4.63. The highest BCUT2D eigenvalue weighted by molar-refractivity contribution is 6.31. The largest absolute Gasteiger partial charge is 0.464 e. The number of halogens is 2. The average Bonchev–Trinajstić information content (AvgIpc) is 2.94. The third-order valence-corrected chi connectivity index (χ3v) is 4.32. The molecule has 25 heavy (non-hydrogen) atoms. The number of aromatic nitrogens is 2. The van der Waals surface area contributed by atoms with E-state index in [1.807, 2.05) is 37.2 Å². The quantitative estimate of drug-likeness (QED) is 0.664. The van der Waals surface area contributed by atoms with E-state index in [-0.39, 0.29) is 5.69 Å². The minimum absolute atomic E-state index is 0.237. The normalized spacial score (nSPS) is 10.9. The van der Waals surface area contributed by atoms with Gasteiger partial charge in [0, 0.05) is 30.2 Å². The van der Waals surface area contributed by atoms with Crippen molar-refractivity contribution in [3.05, 3.63) is 58.5 Å². The summed E-state index contributed by atoms with van der Waals surface area (Å²) >= 11 is 6.13. The van der Waals surface area contributed by atoms with Gasteiger partial charge in [0.15, 0.2) is 5.69 Å². The number of anilines is 1. The summed E-state index contributed by atoms with van der Waals surface area (Å²) in [5, 5.41) is 5.39. The van der Waals surface area contributed by atoms with Crippen LogP contribution in [0.15, 0.2) is 36.4 Å². The van der Waals surface area contributed by atoms with Crippen molar-refractivity contribution in [1.29, 1.82) is 0 Å². The van der Waals surface area contributed by atoms with E-state index in [9.17, 15) is 9.18 Å². The van der Waals surface area contributed by atoms with Gasteiger partial charge in [0.2, 0.25) is 0 Å². The van der Waals surface area contributed by atoms with Gasteiger partial charge in [-0.05, 0) is 35.9 Å². The van der Waals surface area contributed by atoms with Crippen LogP contribution in [-0.2, 0) is 11.3 Å². The van der Waals surface area contributed by atoms with Gasteiger partial charge in [-0.15, -0.1) is 0 Å². The fraction of sp³-hybridized carbons (Fsp3) is 0.222. The number of hydrogen-bond donors (Lipinski definition) is 0. The van der Waals surface area contributed by atoms with Crippen LogP contribution in [0.4, 0.5) is 10.1 Å². The molecule has 0 spiro atoms. The fourth-order valence-corrected chi connectivity index (χ4v) is 2.85. The Morgan fingerprint density at radius 1 is 1.28 bits per heavy atom. The molecule has 0 aliphatic rings. The van der Waals surface area contributed by atoms with Crippen molar-refractivity contribution in [3.8, 4) is 0 Å². The summed E-state index contributed by atoms with van der Waals surface area (Å²) in [5.74, 6) is -0.907. The number of carbonyl (C=O) groups excluding carboxylic acids is 1. The van der Waals surface area contributed by atoms with Crippen molar-refractivity contribution < 1.29 is 13.9 Å². The SMILES string of the molecule is COC(=O)c1nn(Cc2ccc(F)cc2Cl)c2cc(N(C)C)ccc12. The molecule has 0 unspecified atom stereocenters. The Balaban J connectivity index is 2.15. The molecule has 1 heterocycles. The van der Waals surface area contributed by atoms with Crippen LogP contribution in [0.2, 0.25) is 5.02 Å². The van der Waals surface area contributed by atoms with Crippen molar-refractivity contribution in [3.63, 3.8) is 0 Å². The smallest absolute Gasteiger partial charge is 0.359 e. The molecule has 0 bridgehead atoms. The molecule has 0 saturated carbocycles. The van der Waals surface area contributed by atoms with Crippen LogP contribution >= 0.6 is 11.6 Å². The number of methoxy groups -OCH3 is 1. The summed E-state index contributed by atoms with van der Waals surface area (Å²) in [6.45, 7) is 0.309. The zero-order valence-corrected chi connectivity index (χ0v) is 14.8. The third kappa shape index (κ3) is 3.30. The van der Waals surface area contributed by atoms with Gasteiger partial charge in [0.25, 0.3) is 0 Å². The molecule has 0 aliphatic heterocycles. The molecule has 3 aromatic rings. The van der Waals surface area contributed by atoms with Gasteiger partial charge in [-0.1, -0.05) is 17.7 Å². The number of ether oxygens (including phenoxy) is 1. The maximum atomic E-state index is 13.3. The second-order valence-corrected chi connectivity index (χ2v) is 6.24. The van der Waals surface area contributed by atoms with Crippen LogP contribution in [-0.4, -0.2) is 37.0 Å². The Morgan fingerprint density at radius 3 is 2.68 bits per heavy atom. The summed E-state index contributed by atoms with van der Waals surface area (Å²) in [6, 6.07) is 9.90. The summed E-state index contributed by atoms with van der Waals surface area (Å²) in [6.07, 6.45) is 0. The Labute approximate surface area is 149 Å². The van der Waals surface area contributed by atoms with E-state index in [1.54, 1.807) is 10.7 Å². The molecule has 7 heteroatoms. The maximum Gasteiger partial charge on any atom is 0.359 e. The van der Waals surface area contributed by atoms with E-state index >= 15 is 0 Å². The maximum absolute atomic E-state index is 13.3. The predicted octanol–water partition coefficient (Wildman–Crippen LogP) is 3.73. The predicted molar refractivity (Wildman–Crippen MR) is 95.9 cm³/mol. The third-order valence-electron chi connectivity index (χ3n) is 3.97. The minimum atomic E-state index is -0.508. The van der Waals surface area contributed by atoms with E-state index in [1.165, 1.54) is 19.2 Å². The van der Waals surface area contributed by atoms with Gasteiger partial charge >= 0.3 is 5.97 Å². The highest BCUT2D eigenvalue weighted by Gasteiger charge is 2.19. The molecular formula is C18H17ClFN3O2. The number of benzene rings is 2. The molecule has 0 fully saturated rings. The molecule has 0 N–H and O–H groups in total. The molecule has 0 aliphatic carbocycles. The molecule has 2 aromatic carbocycles. The van der Waals surface area contributed by atoms with Crippen LogP contribution < -0.4 is 4.90 Å². The highest BCUT2D eigenvalue weighted by Crippen LogP contribution is 2.26. The number of nitrogens with zero attached hydrogens (tertiary/aromatic N) is 3. The van der Waals surface area contributed by atoms with Crippen LogP contribution in [0.25, 0.3) is 10.9 Å². The summed E-state index contributed by atoms with van der Waals surface area (Å²) in [4.78, 5) is 14.0. The molecule has 0 saturated heterocycles. The monoisotopic (exact) mass is 361 g/mol.